The van der Waals surface area contributed by atoms with Gasteiger partial charge in [0.25, 0.3) is 0 Å². The maximum Gasteiger partial charge on any atom is 0.223 e. The van der Waals surface area contributed by atoms with Crippen molar-refractivity contribution in [3.8, 4) is 0 Å². The van der Waals surface area contributed by atoms with Crippen molar-refractivity contribution in [1.82, 2.24) is 9.97 Å². The van der Waals surface area contributed by atoms with E-state index in [2.05, 4.69) is 25.6 Å². The van der Waals surface area contributed by atoms with Crippen molar-refractivity contribution >= 4 is 23.3 Å². The largest absolute Gasteiger partial charge is 0.393 e. The second-order valence-corrected chi connectivity index (χ2v) is 8.48. The van der Waals surface area contributed by atoms with Crippen LogP contribution in [0.1, 0.15) is 37.8 Å². The van der Waals surface area contributed by atoms with Gasteiger partial charge in [-0.3, -0.25) is 0 Å². The van der Waals surface area contributed by atoms with E-state index >= 15 is 0 Å². The minimum Gasteiger partial charge on any atom is -0.393 e. The third-order valence-electron chi connectivity index (χ3n) is 5.88. The lowest BCUT2D eigenvalue weighted by molar-refractivity contribution is 0.126. The van der Waals surface area contributed by atoms with Crippen LogP contribution in [0.2, 0.25) is 0 Å². The fourth-order valence-electron chi connectivity index (χ4n) is 4.09. The molecule has 2 fully saturated rings. The number of hydrogen-bond donors (Lipinski definition) is 4. The Hall–Kier alpha value is -2.92. The molecule has 1 saturated heterocycles. The first-order valence-electron chi connectivity index (χ1n) is 11.0. The Labute approximate surface area is 189 Å². The van der Waals surface area contributed by atoms with Gasteiger partial charge in [-0.25, -0.2) is 28.1 Å². The van der Waals surface area contributed by atoms with Crippen molar-refractivity contribution in [2.45, 2.75) is 50.7 Å². The summed E-state index contributed by atoms with van der Waals surface area (Å²) in [6.07, 6.45) is 5.80. The van der Waals surface area contributed by atoms with Gasteiger partial charge in [-0.2, -0.15) is 0 Å². The molecule has 8 nitrogen and oxygen atoms in total. The van der Waals surface area contributed by atoms with Crippen LogP contribution in [0, 0.1) is 23.4 Å². The molecular weight excluding hydrogens is 437 g/mol. The Morgan fingerprint density at radius 1 is 1.15 bits per heavy atom. The van der Waals surface area contributed by atoms with Gasteiger partial charge in [-0.05, 0) is 44.4 Å². The Balaban J connectivity index is 1.55. The number of aliphatic imine (C=N–C) groups is 1. The quantitative estimate of drug-likeness (QED) is 0.383. The standard InChI is InChI=1S/C22H27F3N6O2/c23-13-8-16(24)20(17(25)9-13)31-21(26)29-19-10-27-22(28-14-1-3-15(32)4-2-14)30-18(19)7-12-5-6-33-11-12/h8-10,12,14-15,32H,1-7,11H2,(H3,26,29,31)(H,27,28,30)/t12-,14-,15-/m0/s1. The molecule has 0 amide bonds. The number of nitrogens with two attached hydrogens (primary N) is 1. The number of aromatic nitrogens is 2. The molecule has 0 bridgehead atoms. The average molecular weight is 464 g/mol. The van der Waals surface area contributed by atoms with Crippen LogP contribution in [0.15, 0.2) is 23.3 Å². The van der Waals surface area contributed by atoms with Crippen molar-refractivity contribution in [2.24, 2.45) is 16.6 Å². The lowest BCUT2D eigenvalue weighted by Crippen LogP contribution is -2.29. The molecule has 1 aromatic carbocycles. The van der Waals surface area contributed by atoms with E-state index in [-0.39, 0.29) is 24.0 Å². The highest BCUT2D eigenvalue weighted by atomic mass is 19.1. The zero-order valence-electron chi connectivity index (χ0n) is 18.0. The first-order valence-corrected chi connectivity index (χ1v) is 11.0. The molecule has 4 rings (SSSR count). The molecule has 0 spiro atoms. The number of rotatable bonds is 6. The lowest BCUT2D eigenvalue weighted by Gasteiger charge is -2.26. The van der Waals surface area contributed by atoms with Crippen LogP contribution >= 0.6 is 0 Å². The predicted molar refractivity (Wildman–Crippen MR) is 118 cm³/mol. The number of halogens is 3. The van der Waals surface area contributed by atoms with E-state index in [1.807, 2.05) is 0 Å². The van der Waals surface area contributed by atoms with Crippen molar-refractivity contribution in [3.05, 3.63) is 41.5 Å². The predicted octanol–water partition coefficient (Wildman–Crippen LogP) is 3.25. The van der Waals surface area contributed by atoms with Gasteiger partial charge in [0.05, 0.1) is 18.0 Å². The van der Waals surface area contributed by atoms with E-state index in [1.54, 1.807) is 0 Å². The monoisotopic (exact) mass is 464 g/mol. The van der Waals surface area contributed by atoms with Gasteiger partial charge in [0.1, 0.15) is 17.2 Å². The number of hydrogen-bond acceptors (Lipinski definition) is 6. The summed E-state index contributed by atoms with van der Waals surface area (Å²) in [6.45, 7) is 1.28. The van der Waals surface area contributed by atoms with Gasteiger partial charge in [-0.15, -0.1) is 0 Å². The summed E-state index contributed by atoms with van der Waals surface area (Å²) in [5.41, 5.74) is 6.28. The number of guanidine groups is 1. The van der Waals surface area contributed by atoms with Gasteiger partial charge in [-0.1, -0.05) is 0 Å². The van der Waals surface area contributed by atoms with E-state index in [0.29, 0.717) is 49.1 Å². The van der Waals surface area contributed by atoms with Crippen LogP contribution in [0.5, 0.6) is 0 Å². The second kappa shape index (κ2) is 10.3. The number of benzene rings is 1. The highest BCUT2D eigenvalue weighted by Gasteiger charge is 2.22. The first-order chi connectivity index (χ1) is 15.9. The SMILES string of the molecule is N/C(=N\c1cnc(N[C@H]2CC[C@H](O)CC2)nc1C[C@@H]1CCOC1)Nc1c(F)cc(F)cc1F. The van der Waals surface area contributed by atoms with Gasteiger partial charge in [0, 0.05) is 31.4 Å². The number of anilines is 2. The number of aliphatic hydroxyl groups excluding tert-OH is 1. The summed E-state index contributed by atoms with van der Waals surface area (Å²) in [6, 6.07) is 1.28. The van der Waals surface area contributed by atoms with Gasteiger partial charge in [0.15, 0.2) is 17.6 Å². The van der Waals surface area contributed by atoms with Crippen LogP contribution in [-0.2, 0) is 11.2 Å². The molecule has 0 unspecified atom stereocenters. The minimum atomic E-state index is -1.12. The van der Waals surface area contributed by atoms with Crippen LogP contribution in [0.3, 0.4) is 0 Å². The van der Waals surface area contributed by atoms with E-state index in [0.717, 1.165) is 32.1 Å². The summed E-state index contributed by atoms with van der Waals surface area (Å²) in [4.78, 5) is 13.2. The molecule has 33 heavy (non-hydrogen) atoms. The first kappa shape index (κ1) is 23.2. The molecule has 11 heteroatoms. The third kappa shape index (κ3) is 6.11. The molecule has 1 saturated carbocycles. The number of aliphatic hydroxyl groups is 1. The Morgan fingerprint density at radius 2 is 1.88 bits per heavy atom. The second-order valence-electron chi connectivity index (χ2n) is 8.48. The van der Waals surface area contributed by atoms with Gasteiger partial charge >= 0.3 is 0 Å². The van der Waals surface area contributed by atoms with E-state index in [4.69, 9.17) is 10.5 Å². The fraction of sp³-hybridized carbons (Fsp3) is 0.500. The molecule has 1 aliphatic carbocycles. The summed E-state index contributed by atoms with van der Waals surface area (Å²) < 4.78 is 46.5. The third-order valence-corrected chi connectivity index (χ3v) is 5.88. The van der Waals surface area contributed by atoms with E-state index in [1.165, 1.54) is 6.20 Å². The topological polar surface area (TPSA) is 118 Å². The molecule has 1 atom stereocenters. The maximum absolute atomic E-state index is 13.9. The normalized spacial score (nSPS) is 23.5. The van der Waals surface area contributed by atoms with Gasteiger partial charge in [0.2, 0.25) is 5.95 Å². The van der Waals surface area contributed by atoms with E-state index in [9.17, 15) is 18.3 Å². The zero-order valence-corrected chi connectivity index (χ0v) is 18.0. The number of nitrogens with zero attached hydrogens (tertiary/aromatic N) is 3. The van der Waals surface area contributed by atoms with Crippen LogP contribution in [0.4, 0.5) is 30.5 Å². The highest BCUT2D eigenvalue weighted by Crippen LogP contribution is 2.27. The summed E-state index contributed by atoms with van der Waals surface area (Å²) in [7, 11) is 0. The number of ether oxygens (including phenoxy) is 1. The summed E-state index contributed by atoms with van der Waals surface area (Å²) in [5, 5.41) is 15.4. The minimum absolute atomic E-state index is 0.168. The van der Waals surface area contributed by atoms with Crippen LogP contribution < -0.4 is 16.4 Å². The molecule has 5 N–H and O–H groups in total. The maximum atomic E-state index is 13.9. The van der Waals surface area contributed by atoms with Gasteiger partial charge < -0.3 is 26.2 Å². The van der Waals surface area contributed by atoms with E-state index < -0.39 is 23.1 Å². The van der Waals surface area contributed by atoms with Crippen molar-refractivity contribution in [2.75, 3.05) is 23.8 Å². The molecule has 2 heterocycles. The van der Waals surface area contributed by atoms with Crippen LogP contribution in [-0.4, -0.2) is 46.4 Å². The Bertz CT molecular complexity index is 985. The van der Waals surface area contributed by atoms with Crippen molar-refractivity contribution < 1.29 is 23.0 Å². The summed E-state index contributed by atoms with van der Waals surface area (Å²) >= 11 is 0. The summed E-state index contributed by atoms with van der Waals surface area (Å²) in [5.74, 6) is -2.85. The zero-order chi connectivity index (χ0) is 23.4. The molecular formula is C22H27F3N6O2. The Kier molecular flexibility index (Phi) is 7.29. The highest BCUT2D eigenvalue weighted by molar-refractivity contribution is 5.94. The molecule has 1 aliphatic heterocycles. The Morgan fingerprint density at radius 3 is 2.55 bits per heavy atom. The van der Waals surface area contributed by atoms with Crippen LogP contribution in [0.25, 0.3) is 0 Å². The number of nitrogens with one attached hydrogen (secondary N) is 2. The molecule has 1 aromatic heterocycles. The van der Waals surface area contributed by atoms with Crippen molar-refractivity contribution in [3.63, 3.8) is 0 Å². The van der Waals surface area contributed by atoms with Crippen molar-refractivity contribution in [1.29, 1.82) is 0 Å². The lowest BCUT2D eigenvalue weighted by atomic mass is 9.93. The molecule has 0 radical (unpaired) electrons. The molecule has 2 aromatic rings. The smallest absolute Gasteiger partial charge is 0.223 e. The average Bonchev–Trinajstić information content (AvgIpc) is 3.27. The molecule has 2 aliphatic rings. The molecule has 178 valence electrons. The fourth-order valence-corrected chi connectivity index (χ4v) is 4.09.